The van der Waals surface area contributed by atoms with Crippen LogP contribution in [-0.2, 0) is 28.0 Å². The smallest absolute Gasteiger partial charge is 0.413 e. The number of carbonyl (C=O) groups excluding carboxylic acids is 1. The van der Waals surface area contributed by atoms with Crippen molar-refractivity contribution in [3.8, 4) is 22.6 Å². The normalized spacial score (nSPS) is 14.1. The lowest BCUT2D eigenvalue weighted by Crippen LogP contribution is -2.31. The highest BCUT2D eigenvalue weighted by Crippen LogP contribution is 2.35. The van der Waals surface area contributed by atoms with Gasteiger partial charge in [-0.1, -0.05) is 0 Å². The number of pyridine rings is 1. The van der Waals surface area contributed by atoms with E-state index >= 15 is 0 Å². The van der Waals surface area contributed by atoms with E-state index in [0.717, 1.165) is 8.39 Å². The van der Waals surface area contributed by atoms with E-state index in [1.165, 1.54) is 38.5 Å². The van der Waals surface area contributed by atoms with Gasteiger partial charge in [-0.05, 0) is 64.8 Å². The van der Waals surface area contributed by atoms with Gasteiger partial charge in [-0.25, -0.2) is 14.2 Å². The Kier molecular flexibility index (Phi) is 7.84. The monoisotopic (exact) mass is 561 g/mol. The minimum Gasteiger partial charge on any atom is -0.493 e. The van der Waals surface area contributed by atoms with Crippen molar-refractivity contribution in [3.63, 3.8) is 0 Å². The lowest BCUT2D eigenvalue weighted by Gasteiger charge is -2.20. The van der Waals surface area contributed by atoms with Gasteiger partial charge in [0.25, 0.3) is 0 Å². The van der Waals surface area contributed by atoms with E-state index in [-0.39, 0.29) is 24.8 Å². The molecule has 0 fully saturated rings. The van der Waals surface area contributed by atoms with Gasteiger partial charge < -0.3 is 14.2 Å². The van der Waals surface area contributed by atoms with Crippen LogP contribution in [0.3, 0.4) is 0 Å². The maximum absolute atomic E-state index is 14.1. The van der Waals surface area contributed by atoms with Crippen molar-refractivity contribution in [1.29, 1.82) is 0 Å². The van der Waals surface area contributed by atoms with Gasteiger partial charge in [0.15, 0.2) is 11.6 Å². The summed E-state index contributed by atoms with van der Waals surface area (Å²) in [6.07, 6.45) is 1.54. The molecule has 0 radical (unpaired) electrons. The lowest BCUT2D eigenvalue weighted by atomic mass is 10.0. The number of hydrogen-bond acceptors (Lipinski definition) is 8. The molecule has 13 heteroatoms. The van der Waals surface area contributed by atoms with Crippen LogP contribution in [0.5, 0.6) is 11.5 Å². The molecule has 0 unspecified atom stereocenters. The first-order valence-corrected chi connectivity index (χ1v) is 13.7. The van der Waals surface area contributed by atoms with Gasteiger partial charge in [-0.15, -0.1) is 4.09 Å². The van der Waals surface area contributed by atoms with Gasteiger partial charge in [0.2, 0.25) is 0 Å². The van der Waals surface area contributed by atoms with Crippen LogP contribution in [-0.4, -0.2) is 59.3 Å². The second-order valence-electron chi connectivity index (χ2n) is 10.2. The number of fused-ring (bicyclic) bond motifs is 5. The Hall–Kier alpha value is -3.71. The first-order valence-electron chi connectivity index (χ1n) is 12.3. The molecule has 1 aliphatic rings. The van der Waals surface area contributed by atoms with Gasteiger partial charge in [-0.3, -0.25) is 5.32 Å². The number of nitrogens with one attached hydrogen (secondary N) is 1. The van der Waals surface area contributed by atoms with Crippen LogP contribution < -0.4 is 14.8 Å². The summed E-state index contributed by atoms with van der Waals surface area (Å²) in [5.74, 6) is 0.212. The Balaban J connectivity index is 1.85. The van der Waals surface area contributed by atoms with Crippen molar-refractivity contribution in [3.05, 3.63) is 53.2 Å². The number of hydrogen-bond donors (Lipinski definition) is 1. The number of amides is 1. The Morgan fingerprint density at radius 3 is 2.62 bits per heavy atom. The molecule has 3 heterocycles. The largest absolute Gasteiger partial charge is 0.493 e. The number of anilines is 1. The number of aryl methyl sites for hydroxylation is 1. The fourth-order valence-corrected chi connectivity index (χ4v) is 5.05. The predicted octanol–water partition coefficient (Wildman–Crippen LogP) is 4.30. The second-order valence-corrected chi connectivity index (χ2v) is 12.2. The van der Waals surface area contributed by atoms with Crippen LogP contribution in [0.4, 0.5) is 15.0 Å². The maximum Gasteiger partial charge on any atom is 0.413 e. The minimum atomic E-state index is -3.93. The van der Waals surface area contributed by atoms with E-state index in [0.29, 0.717) is 46.7 Å². The average Bonchev–Trinajstić information content (AvgIpc) is 3.17. The molecular formula is C26H32FN5O6S. The van der Waals surface area contributed by atoms with Gasteiger partial charge in [-0.2, -0.15) is 17.8 Å². The molecule has 0 aliphatic carbocycles. The van der Waals surface area contributed by atoms with E-state index in [1.54, 1.807) is 33.8 Å². The molecule has 0 saturated carbocycles. The average molecular weight is 562 g/mol. The van der Waals surface area contributed by atoms with Gasteiger partial charge in [0.05, 0.1) is 18.0 Å². The van der Waals surface area contributed by atoms with Crippen LogP contribution in [0, 0.1) is 12.7 Å². The van der Waals surface area contributed by atoms with E-state index in [9.17, 15) is 17.6 Å². The lowest BCUT2D eigenvalue weighted by molar-refractivity contribution is 0.0634. The summed E-state index contributed by atoms with van der Waals surface area (Å²) in [5, 5.41) is 6.95. The zero-order valence-corrected chi connectivity index (χ0v) is 23.6. The maximum atomic E-state index is 14.1. The van der Waals surface area contributed by atoms with Gasteiger partial charge >= 0.3 is 16.3 Å². The van der Waals surface area contributed by atoms with Crippen LogP contribution in [0.1, 0.15) is 44.1 Å². The molecule has 0 atom stereocenters. The first kappa shape index (κ1) is 28.3. The van der Waals surface area contributed by atoms with E-state index in [1.807, 2.05) is 0 Å². The highest BCUT2D eigenvalue weighted by atomic mass is 32.2. The summed E-state index contributed by atoms with van der Waals surface area (Å²) in [6, 6.07) is 5.75. The summed E-state index contributed by atoms with van der Waals surface area (Å²) in [4.78, 5) is 16.9. The third kappa shape index (κ3) is 6.31. The predicted molar refractivity (Wildman–Crippen MR) is 143 cm³/mol. The molecule has 1 N–H and O–H groups in total. The third-order valence-corrected chi connectivity index (χ3v) is 7.45. The topological polar surface area (TPSA) is 125 Å². The van der Waals surface area contributed by atoms with Crippen molar-refractivity contribution < 1.29 is 31.8 Å². The molecular weight excluding hydrogens is 529 g/mol. The Morgan fingerprint density at radius 1 is 1.18 bits per heavy atom. The van der Waals surface area contributed by atoms with E-state index in [4.69, 9.17) is 14.2 Å². The number of carbonyl (C=O) groups is 1. The van der Waals surface area contributed by atoms with Crippen molar-refractivity contribution in [2.24, 2.45) is 0 Å². The van der Waals surface area contributed by atoms with E-state index < -0.39 is 27.7 Å². The van der Waals surface area contributed by atoms with Crippen LogP contribution in [0.2, 0.25) is 0 Å². The minimum absolute atomic E-state index is 0.0780. The van der Waals surface area contributed by atoms with Crippen LogP contribution in [0.25, 0.3) is 11.1 Å². The van der Waals surface area contributed by atoms with Crippen LogP contribution in [0.15, 0.2) is 30.5 Å². The third-order valence-electron chi connectivity index (χ3n) is 5.78. The highest BCUT2D eigenvalue weighted by molar-refractivity contribution is 7.87. The second kappa shape index (κ2) is 10.8. The molecule has 3 aromatic rings. The Morgan fingerprint density at radius 2 is 1.92 bits per heavy atom. The highest BCUT2D eigenvalue weighted by Gasteiger charge is 2.28. The number of halogens is 1. The summed E-state index contributed by atoms with van der Waals surface area (Å²) >= 11 is 0. The zero-order valence-electron chi connectivity index (χ0n) is 22.7. The molecule has 2 bridgehead atoms. The fraction of sp³-hybridized carbons (Fsp3) is 0.423. The van der Waals surface area contributed by atoms with Crippen molar-refractivity contribution in [2.75, 3.05) is 26.0 Å². The molecule has 2 aromatic heterocycles. The van der Waals surface area contributed by atoms with Gasteiger partial charge in [0.1, 0.15) is 23.8 Å². The first-order chi connectivity index (χ1) is 18.3. The molecule has 1 aromatic carbocycles. The standard InChI is InChI=1S/C26H32FN5O6S/c1-16-23-17-13-22(24(28-14-17)29-25(33)38-26(2,3)4)37-15-18-12-19(27)9-10-21(18)36-11-7-8-20(23)32(30-16)39(34,35)31(5)6/h9-10,12-14H,7-8,11,15H2,1-6H3,(H,28,29,33). The summed E-state index contributed by atoms with van der Waals surface area (Å²) in [6.45, 7) is 7.07. The molecule has 4 rings (SSSR count). The summed E-state index contributed by atoms with van der Waals surface area (Å²) in [7, 11) is -1.06. The molecule has 0 spiro atoms. The Labute approximate surface area is 227 Å². The molecule has 1 aliphatic heterocycles. The van der Waals surface area contributed by atoms with E-state index in [2.05, 4.69) is 15.4 Å². The molecule has 0 saturated heterocycles. The quantitative estimate of drug-likeness (QED) is 0.502. The molecule has 11 nitrogen and oxygen atoms in total. The van der Waals surface area contributed by atoms with Crippen molar-refractivity contribution >= 4 is 22.1 Å². The van der Waals surface area contributed by atoms with Crippen molar-refractivity contribution in [2.45, 2.75) is 52.7 Å². The van der Waals surface area contributed by atoms with Crippen molar-refractivity contribution in [1.82, 2.24) is 18.5 Å². The SMILES string of the molecule is Cc1nn(S(=O)(=O)N(C)C)c2c1-c1cnc(NC(=O)OC(C)(C)C)c(c1)OCc1cc(F)ccc1OCCC2. The van der Waals surface area contributed by atoms with Gasteiger partial charge in [0, 0.05) is 37.0 Å². The number of nitrogens with zero attached hydrogens (tertiary/aromatic N) is 4. The number of aromatic nitrogens is 3. The Bertz CT molecular complexity index is 1500. The fourth-order valence-electron chi connectivity index (χ4n) is 4.06. The summed E-state index contributed by atoms with van der Waals surface area (Å²) in [5.41, 5.74) is 1.74. The number of rotatable bonds is 3. The number of ether oxygens (including phenoxy) is 3. The molecule has 210 valence electrons. The zero-order chi connectivity index (χ0) is 28.5. The molecule has 1 amide bonds. The summed E-state index contributed by atoms with van der Waals surface area (Å²) < 4.78 is 59.7. The van der Waals surface area contributed by atoms with Crippen LogP contribution >= 0.6 is 0 Å². The number of benzene rings is 1. The molecule has 39 heavy (non-hydrogen) atoms.